The number of rotatable bonds is 41. The SMILES string of the molecule is CCCCCC/C=C\CCCCCCCC(=O)OC(COCCCCCCCCCC/C=C\CCCCCCCC)COC1OC(COC2OC(CO)C(O)C(O)C2O)C(O)C(O)C1O. The summed E-state index contributed by atoms with van der Waals surface area (Å²) in [6.45, 7) is 3.66. The van der Waals surface area contributed by atoms with Crippen molar-refractivity contribution in [2.45, 2.75) is 261 Å². The number of aliphatic hydroxyl groups excluding tert-OH is 7. The van der Waals surface area contributed by atoms with Gasteiger partial charge in [0.1, 0.15) is 54.9 Å². The molecule has 0 aromatic heterocycles. The predicted molar refractivity (Wildman–Crippen MR) is 252 cm³/mol. The van der Waals surface area contributed by atoms with E-state index in [-0.39, 0.29) is 25.6 Å². The quantitative estimate of drug-likeness (QED) is 0.0179. The van der Waals surface area contributed by atoms with Gasteiger partial charge in [-0.2, -0.15) is 0 Å². The molecule has 2 aliphatic heterocycles. The molecule has 7 N–H and O–H groups in total. The Morgan fingerprint density at radius 1 is 0.492 bits per heavy atom. The highest BCUT2D eigenvalue weighted by atomic mass is 16.7. The number of esters is 1. The van der Waals surface area contributed by atoms with E-state index in [9.17, 15) is 40.5 Å². The van der Waals surface area contributed by atoms with E-state index >= 15 is 0 Å². The number of carbonyl (C=O) groups is 1. The molecule has 0 bridgehead atoms. The Morgan fingerprint density at radius 2 is 0.908 bits per heavy atom. The van der Waals surface area contributed by atoms with E-state index in [2.05, 4.69) is 38.2 Å². The molecule has 0 spiro atoms. The molecule has 0 amide bonds. The summed E-state index contributed by atoms with van der Waals surface area (Å²) in [5, 5.41) is 72.1. The highest BCUT2D eigenvalue weighted by molar-refractivity contribution is 5.69. The number of carbonyl (C=O) groups excluding carboxylic acids is 1. The largest absolute Gasteiger partial charge is 0.457 e. The second-order valence-corrected chi connectivity index (χ2v) is 18.3. The van der Waals surface area contributed by atoms with Crippen LogP contribution in [0.1, 0.15) is 194 Å². The van der Waals surface area contributed by atoms with Crippen LogP contribution in [0.2, 0.25) is 0 Å². The lowest BCUT2D eigenvalue weighted by atomic mass is 9.98. The van der Waals surface area contributed by atoms with Crippen molar-refractivity contribution in [1.29, 1.82) is 0 Å². The van der Waals surface area contributed by atoms with Crippen LogP contribution in [0.25, 0.3) is 0 Å². The van der Waals surface area contributed by atoms with Crippen LogP contribution in [0, 0.1) is 0 Å². The highest BCUT2D eigenvalue weighted by Crippen LogP contribution is 2.26. The summed E-state index contributed by atoms with van der Waals surface area (Å²) < 4.78 is 34.3. The summed E-state index contributed by atoms with van der Waals surface area (Å²) in [6.07, 6.45) is 25.2. The first kappa shape index (κ1) is 59.6. The monoisotopic (exact) mass is 931 g/mol. The first-order valence-corrected chi connectivity index (χ1v) is 25.9. The van der Waals surface area contributed by atoms with Gasteiger partial charge >= 0.3 is 5.97 Å². The molecular formula is C51H94O14. The normalized spacial score (nSPS) is 26.7. The van der Waals surface area contributed by atoms with Gasteiger partial charge in [0.25, 0.3) is 0 Å². The van der Waals surface area contributed by atoms with Crippen molar-refractivity contribution in [3.05, 3.63) is 24.3 Å². The summed E-state index contributed by atoms with van der Waals surface area (Å²) in [5.41, 5.74) is 0. The molecule has 2 heterocycles. The lowest BCUT2D eigenvalue weighted by Crippen LogP contribution is -2.61. The van der Waals surface area contributed by atoms with Gasteiger partial charge in [0, 0.05) is 13.0 Å². The second kappa shape index (κ2) is 39.3. The van der Waals surface area contributed by atoms with Crippen molar-refractivity contribution in [1.82, 2.24) is 0 Å². The van der Waals surface area contributed by atoms with Gasteiger partial charge in [-0.3, -0.25) is 4.79 Å². The third-order valence-electron chi connectivity index (χ3n) is 12.4. The van der Waals surface area contributed by atoms with E-state index in [1.807, 2.05) is 0 Å². The average Bonchev–Trinajstić information content (AvgIpc) is 3.30. The van der Waals surface area contributed by atoms with Crippen LogP contribution < -0.4 is 0 Å². The molecule has 2 aliphatic rings. The molecule has 11 atom stereocenters. The number of aliphatic hydroxyl groups is 7. The molecule has 382 valence electrons. The van der Waals surface area contributed by atoms with Gasteiger partial charge in [0.2, 0.25) is 0 Å². The molecule has 0 saturated carbocycles. The van der Waals surface area contributed by atoms with E-state index in [0.717, 1.165) is 57.8 Å². The fraction of sp³-hybridized carbons (Fsp3) is 0.902. The molecule has 0 radical (unpaired) electrons. The lowest BCUT2D eigenvalue weighted by molar-refractivity contribution is -0.332. The van der Waals surface area contributed by atoms with Crippen LogP contribution in [0.4, 0.5) is 0 Å². The Balaban J connectivity index is 1.76. The first-order chi connectivity index (χ1) is 31.6. The van der Waals surface area contributed by atoms with Gasteiger partial charge in [-0.25, -0.2) is 0 Å². The van der Waals surface area contributed by atoms with Gasteiger partial charge in [0.15, 0.2) is 12.6 Å². The summed E-state index contributed by atoms with van der Waals surface area (Å²) in [7, 11) is 0. The van der Waals surface area contributed by atoms with E-state index in [1.54, 1.807) is 0 Å². The molecule has 14 heteroatoms. The zero-order valence-corrected chi connectivity index (χ0v) is 40.5. The zero-order valence-electron chi connectivity index (χ0n) is 40.5. The third kappa shape index (κ3) is 27.3. The number of hydrogen-bond donors (Lipinski definition) is 7. The van der Waals surface area contributed by atoms with E-state index in [1.165, 1.54) is 109 Å². The highest BCUT2D eigenvalue weighted by Gasteiger charge is 2.47. The summed E-state index contributed by atoms with van der Waals surface area (Å²) in [6, 6.07) is 0. The topological polar surface area (TPSA) is 214 Å². The Kier molecular flexibility index (Phi) is 36.1. The van der Waals surface area contributed by atoms with E-state index in [0.29, 0.717) is 13.0 Å². The van der Waals surface area contributed by atoms with Gasteiger partial charge in [-0.05, 0) is 64.2 Å². The van der Waals surface area contributed by atoms with E-state index in [4.69, 9.17) is 28.4 Å². The van der Waals surface area contributed by atoms with Crippen molar-refractivity contribution >= 4 is 5.97 Å². The van der Waals surface area contributed by atoms with Crippen LogP contribution in [0.15, 0.2) is 24.3 Å². The molecule has 0 aromatic carbocycles. The summed E-state index contributed by atoms with van der Waals surface area (Å²) >= 11 is 0. The molecule has 11 unspecified atom stereocenters. The molecule has 0 aromatic rings. The van der Waals surface area contributed by atoms with Crippen LogP contribution in [-0.2, 0) is 33.2 Å². The fourth-order valence-electron chi connectivity index (χ4n) is 8.16. The lowest BCUT2D eigenvalue weighted by Gasteiger charge is -2.42. The fourth-order valence-corrected chi connectivity index (χ4v) is 8.16. The van der Waals surface area contributed by atoms with Gasteiger partial charge in [0.05, 0.1) is 26.4 Å². The maximum absolute atomic E-state index is 13.0. The molecule has 0 aliphatic carbocycles. The van der Waals surface area contributed by atoms with Crippen molar-refractivity contribution in [3.63, 3.8) is 0 Å². The standard InChI is InChI=1S/C51H94O14/c1-3-5-7-9-11-13-15-17-18-19-20-21-23-25-27-29-31-33-35-60-37-40(63-43(53)34-32-30-28-26-24-22-16-14-12-10-8-6-4-2)38-61-50-49(59)47(57)45(55)42(65-50)39-62-51-48(58)46(56)44(54)41(36-52)64-51/h14,16-18,40-42,44-52,54-59H,3-13,15,19-39H2,1-2H3/b16-14-,18-17-. The Morgan fingerprint density at radius 3 is 1.42 bits per heavy atom. The predicted octanol–water partition coefficient (Wildman–Crippen LogP) is 7.63. The molecule has 2 rings (SSSR count). The van der Waals surface area contributed by atoms with Gasteiger partial charge in [-0.15, -0.1) is 0 Å². The van der Waals surface area contributed by atoms with Crippen molar-refractivity contribution in [2.75, 3.05) is 33.0 Å². The zero-order chi connectivity index (χ0) is 47.3. The van der Waals surface area contributed by atoms with Crippen molar-refractivity contribution < 1.29 is 69.0 Å². The van der Waals surface area contributed by atoms with Crippen LogP contribution in [0.5, 0.6) is 0 Å². The van der Waals surface area contributed by atoms with Crippen molar-refractivity contribution in [3.8, 4) is 0 Å². The molecule has 2 saturated heterocycles. The molecule has 14 nitrogen and oxygen atoms in total. The van der Waals surface area contributed by atoms with Gasteiger partial charge < -0.3 is 64.2 Å². The Bertz CT molecular complexity index is 1170. The minimum atomic E-state index is -1.71. The Labute approximate surface area is 392 Å². The first-order valence-electron chi connectivity index (χ1n) is 25.9. The van der Waals surface area contributed by atoms with Crippen LogP contribution in [-0.4, -0.2) is 142 Å². The molecule has 65 heavy (non-hydrogen) atoms. The summed E-state index contributed by atoms with van der Waals surface area (Å²) in [4.78, 5) is 13.0. The van der Waals surface area contributed by atoms with Crippen LogP contribution >= 0.6 is 0 Å². The molecular weight excluding hydrogens is 837 g/mol. The third-order valence-corrected chi connectivity index (χ3v) is 12.4. The molecule has 2 fully saturated rings. The van der Waals surface area contributed by atoms with E-state index < -0.39 is 80.7 Å². The second-order valence-electron chi connectivity index (χ2n) is 18.3. The number of unbranched alkanes of at least 4 members (excludes halogenated alkanes) is 23. The maximum atomic E-state index is 13.0. The number of allylic oxidation sites excluding steroid dienone is 4. The van der Waals surface area contributed by atoms with Crippen LogP contribution in [0.3, 0.4) is 0 Å². The number of hydrogen-bond acceptors (Lipinski definition) is 14. The smallest absolute Gasteiger partial charge is 0.306 e. The number of ether oxygens (including phenoxy) is 6. The van der Waals surface area contributed by atoms with Crippen molar-refractivity contribution in [2.24, 2.45) is 0 Å². The van der Waals surface area contributed by atoms with Gasteiger partial charge in [-0.1, -0.05) is 147 Å². The minimum Gasteiger partial charge on any atom is -0.457 e. The minimum absolute atomic E-state index is 0.0584. The summed E-state index contributed by atoms with van der Waals surface area (Å²) in [5.74, 6) is -0.385. The maximum Gasteiger partial charge on any atom is 0.306 e. The Hall–Kier alpha value is -1.53. The average molecular weight is 931 g/mol.